The van der Waals surface area contributed by atoms with E-state index in [0.717, 1.165) is 25.2 Å². The molecule has 0 spiro atoms. The molecule has 1 aromatic carbocycles. The summed E-state index contributed by atoms with van der Waals surface area (Å²) in [5, 5.41) is 6.21. The SMILES string of the molecule is Cn1ccnc1C(=O)Nc1ccc2c(c1)CNCC2. The van der Waals surface area contributed by atoms with Gasteiger partial charge in [0.2, 0.25) is 0 Å². The minimum atomic E-state index is -0.184. The van der Waals surface area contributed by atoms with E-state index in [1.54, 1.807) is 24.0 Å². The van der Waals surface area contributed by atoms with Crippen LogP contribution in [0.25, 0.3) is 0 Å². The number of amides is 1. The Hall–Kier alpha value is -2.14. The summed E-state index contributed by atoms with van der Waals surface area (Å²) in [7, 11) is 1.80. The summed E-state index contributed by atoms with van der Waals surface area (Å²) in [5.74, 6) is 0.229. The van der Waals surface area contributed by atoms with Crippen LogP contribution in [-0.4, -0.2) is 22.0 Å². The molecule has 0 bridgehead atoms. The second-order valence-corrected chi connectivity index (χ2v) is 4.73. The lowest BCUT2D eigenvalue weighted by Gasteiger charge is -2.18. The Morgan fingerprint density at radius 2 is 2.32 bits per heavy atom. The average molecular weight is 256 g/mol. The van der Waals surface area contributed by atoms with Gasteiger partial charge in [-0.15, -0.1) is 0 Å². The lowest BCUT2D eigenvalue weighted by molar-refractivity contribution is 0.101. The zero-order valence-corrected chi connectivity index (χ0v) is 10.8. The second-order valence-electron chi connectivity index (χ2n) is 4.73. The Morgan fingerprint density at radius 3 is 3.11 bits per heavy atom. The Kier molecular flexibility index (Phi) is 3.05. The van der Waals surface area contributed by atoms with Crippen LogP contribution in [-0.2, 0) is 20.0 Å². The molecular weight excluding hydrogens is 240 g/mol. The van der Waals surface area contributed by atoms with E-state index in [-0.39, 0.29) is 5.91 Å². The zero-order chi connectivity index (χ0) is 13.2. The second kappa shape index (κ2) is 4.85. The van der Waals surface area contributed by atoms with Gasteiger partial charge in [-0.1, -0.05) is 6.07 Å². The van der Waals surface area contributed by atoms with Crippen LogP contribution in [0.4, 0.5) is 5.69 Å². The molecule has 3 rings (SSSR count). The fraction of sp³-hybridized carbons (Fsp3) is 0.286. The Bertz CT molecular complexity index is 618. The van der Waals surface area contributed by atoms with Gasteiger partial charge in [-0.2, -0.15) is 0 Å². The number of carbonyl (C=O) groups is 1. The molecule has 0 radical (unpaired) electrons. The van der Waals surface area contributed by atoms with Crippen LogP contribution in [0.2, 0.25) is 0 Å². The van der Waals surface area contributed by atoms with Crippen molar-refractivity contribution in [2.24, 2.45) is 7.05 Å². The Labute approximate surface area is 111 Å². The summed E-state index contributed by atoms with van der Waals surface area (Å²) in [4.78, 5) is 16.1. The molecule has 0 fully saturated rings. The molecule has 2 aromatic rings. The lowest BCUT2D eigenvalue weighted by atomic mass is 10.0. The summed E-state index contributed by atoms with van der Waals surface area (Å²) in [5.41, 5.74) is 3.42. The molecular formula is C14H16N4O. The van der Waals surface area contributed by atoms with Crippen molar-refractivity contribution < 1.29 is 4.79 Å². The highest BCUT2D eigenvalue weighted by molar-refractivity contribution is 6.01. The van der Waals surface area contributed by atoms with Crippen LogP contribution < -0.4 is 10.6 Å². The number of hydrogen-bond donors (Lipinski definition) is 2. The van der Waals surface area contributed by atoms with Crippen LogP contribution in [0.15, 0.2) is 30.6 Å². The first-order valence-corrected chi connectivity index (χ1v) is 6.35. The molecule has 1 aliphatic heterocycles. The molecule has 0 atom stereocenters. The van der Waals surface area contributed by atoms with E-state index in [4.69, 9.17) is 0 Å². The van der Waals surface area contributed by atoms with Gasteiger partial charge in [0.25, 0.3) is 5.91 Å². The van der Waals surface area contributed by atoms with E-state index in [2.05, 4.69) is 21.7 Å². The number of hydrogen-bond acceptors (Lipinski definition) is 3. The standard InChI is InChI=1S/C14H16N4O/c1-18-7-6-16-13(18)14(19)17-12-3-2-10-4-5-15-9-11(10)8-12/h2-3,6-8,15H,4-5,9H2,1H3,(H,17,19). The minimum Gasteiger partial charge on any atom is -0.330 e. The molecule has 0 unspecified atom stereocenters. The maximum absolute atomic E-state index is 12.1. The van der Waals surface area contributed by atoms with Crippen LogP contribution in [0.3, 0.4) is 0 Å². The fourth-order valence-corrected chi connectivity index (χ4v) is 2.33. The van der Waals surface area contributed by atoms with Crippen molar-refractivity contribution in [2.75, 3.05) is 11.9 Å². The van der Waals surface area contributed by atoms with E-state index in [1.807, 2.05) is 12.1 Å². The molecule has 1 amide bonds. The first-order chi connectivity index (χ1) is 9.24. The third-order valence-electron chi connectivity index (χ3n) is 3.37. The van der Waals surface area contributed by atoms with Gasteiger partial charge in [-0.05, 0) is 36.2 Å². The van der Waals surface area contributed by atoms with Crippen molar-refractivity contribution in [3.05, 3.63) is 47.5 Å². The zero-order valence-electron chi connectivity index (χ0n) is 10.8. The van der Waals surface area contributed by atoms with Gasteiger partial charge in [0.05, 0.1) is 0 Å². The van der Waals surface area contributed by atoms with Gasteiger partial charge in [-0.25, -0.2) is 4.98 Å². The van der Waals surface area contributed by atoms with E-state index in [9.17, 15) is 4.79 Å². The molecule has 1 aliphatic rings. The van der Waals surface area contributed by atoms with Crippen molar-refractivity contribution in [3.63, 3.8) is 0 Å². The van der Waals surface area contributed by atoms with Gasteiger partial charge < -0.3 is 15.2 Å². The number of aromatic nitrogens is 2. The maximum Gasteiger partial charge on any atom is 0.291 e. The molecule has 2 N–H and O–H groups in total. The van der Waals surface area contributed by atoms with Crippen molar-refractivity contribution in [1.29, 1.82) is 0 Å². The first-order valence-electron chi connectivity index (χ1n) is 6.35. The highest BCUT2D eigenvalue weighted by Crippen LogP contribution is 2.19. The first kappa shape index (κ1) is 11.9. The third kappa shape index (κ3) is 2.37. The Balaban J connectivity index is 1.80. The molecule has 0 saturated carbocycles. The third-order valence-corrected chi connectivity index (χ3v) is 3.37. The number of rotatable bonds is 2. The molecule has 19 heavy (non-hydrogen) atoms. The average Bonchev–Trinajstić information content (AvgIpc) is 2.85. The molecule has 0 aliphatic carbocycles. The molecule has 5 nitrogen and oxygen atoms in total. The molecule has 98 valence electrons. The van der Waals surface area contributed by atoms with Gasteiger partial charge in [0, 0.05) is 31.7 Å². The van der Waals surface area contributed by atoms with Crippen LogP contribution >= 0.6 is 0 Å². The van der Waals surface area contributed by atoms with Gasteiger partial charge >= 0.3 is 0 Å². The maximum atomic E-state index is 12.1. The fourth-order valence-electron chi connectivity index (χ4n) is 2.33. The summed E-state index contributed by atoms with van der Waals surface area (Å²) < 4.78 is 1.70. The normalized spacial score (nSPS) is 13.9. The smallest absolute Gasteiger partial charge is 0.291 e. The highest BCUT2D eigenvalue weighted by Gasteiger charge is 2.13. The number of imidazole rings is 1. The van der Waals surface area contributed by atoms with Crippen LogP contribution in [0.1, 0.15) is 21.7 Å². The van der Waals surface area contributed by atoms with E-state index >= 15 is 0 Å². The summed E-state index contributed by atoms with van der Waals surface area (Å²) in [6.07, 6.45) is 4.42. The lowest BCUT2D eigenvalue weighted by Crippen LogP contribution is -2.24. The van der Waals surface area contributed by atoms with Gasteiger partial charge in [-0.3, -0.25) is 4.79 Å². The van der Waals surface area contributed by atoms with Crippen molar-refractivity contribution in [2.45, 2.75) is 13.0 Å². The van der Waals surface area contributed by atoms with Gasteiger partial charge in [0.15, 0.2) is 5.82 Å². The van der Waals surface area contributed by atoms with Gasteiger partial charge in [0.1, 0.15) is 0 Å². The monoisotopic (exact) mass is 256 g/mol. The summed E-state index contributed by atoms with van der Waals surface area (Å²) in [6, 6.07) is 6.07. The van der Waals surface area contributed by atoms with Crippen LogP contribution in [0.5, 0.6) is 0 Å². The topological polar surface area (TPSA) is 59.0 Å². The summed E-state index contributed by atoms with van der Waals surface area (Å²) >= 11 is 0. The van der Waals surface area contributed by atoms with E-state index < -0.39 is 0 Å². The summed E-state index contributed by atoms with van der Waals surface area (Å²) in [6.45, 7) is 1.88. The minimum absolute atomic E-state index is 0.184. The van der Waals surface area contributed by atoms with Crippen molar-refractivity contribution >= 4 is 11.6 Å². The highest BCUT2D eigenvalue weighted by atomic mass is 16.2. The quantitative estimate of drug-likeness (QED) is 0.852. The predicted octanol–water partition coefficient (Wildman–Crippen LogP) is 1.32. The molecule has 5 heteroatoms. The predicted molar refractivity (Wildman–Crippen MR) is 73.0 cm³/mol. The number of benzene rings is 1. The van der Waals surface area contributed by atoms with Crippen molar-refractivity contribution in [1.82, 2.24) is 14.9 Å². The number of carbonyl (C=O) groups excluding carboxylic acids is 1. The number of nitrogens with one attached hydrogen (secondary N) is 2. The Morgan fingerprint density at radius 1 is 1.42 bits per heavy atom. The number of nitrogens with zero attached hydrogens (tertiary/aromatic N) is 2. The largest absolute Gasteiger partial charge is 0.330 e. The van der Waals surface area contributed by atoms with E-state index in [0.29, 0.717) is 5.82 Å². The van der Waals surface area contributed by atoms with Crippen LogP contribution in [0, 0.1) is 0 Å². The number of fused-ring (bicyclic) bond motifs is 1. The number of anilines is 1. The molecule has 0 saturated heterocycles. The van der Waals surface area contributed by atoms with E-state index in [1.165, 1.54) is 11.1 Å². The molecule has 1 aromatic heterocycles. The van der Waals surface area contributed by atoms with Crippen molar-refractivity contribution in [3.8, 4) is 0 Å². The number of aryl methyl sites for hydroxylation is 1. The molecule has 2 heterocycles.